The molecule has 4 nitrogen and oxygen atoms in total. The molecule has 17 heavy (non-hydrogen) atoms. The lowest BCUT2D eigenvalue weighted by Crippen LogP contribution is -2.34. The van der Waals surface area contributed by atoms with Gasteiger partial charge in [-0.25, -0.2) is 12.8 Å². The first-order valence-corrected chi connectivity index (χ1v) is 6.71. The molecule has 0 aliphatic carbocycles. The van der Waals surface area contributed by atoms with Gasteiger partial charge in [-0.1, -0.05) is 13.8 Å². The Hall–Kier alpha value is -1.43. The van der Waals surface area contributed by atoms with Gasteiger partial charge in [0.05, 0.1) is 21.8 Å². The number of carbonyl (C=O) groups is 1. The Morgan fingerprint density at radius 1 is 1.35 bits per heavy atom. The van der Waals surface area contributed by atoms with E-state index >= 15 is 0 Å². The van der Waals surface area contributed by atoms with Crippen molar-refractivity contribution in [2.45, 2.75) is 18.7 Å². The highest BCUT2D eigenvalue weighted by Crippen LogP contribution is 2.33. The fourth-order valence-electron chi connectivity index (χ4n) is 1.77. The minimum atomic E-state index is -3.66. The summed E-state index contributed by atoms with van der Waals surface area (Å²) in [5.41, 5.74) is -0.893. The van der Waals surface area contributed by atoms with Crippen molar-refractivity contribution in [2.24, 2.45) is 5.41 Å². The molecular weight excluding hydrogens is 245 g/mol. The Balaban J connectivity index is 2.68. The smallest absolute Gasteiger partial charge is 0.231 e. The van der Waals surface area contributed by atoms with Gasteiger partial charge in [0.1, 0.15) is 5.82 Å². The van der Waals surface area contributed by atoms with Crippen molar-refractivity contribution in [3.63, 3.8) is 0 Å². The molecule has 0 atom stereocenters. The number of halogens is 1. The second-order valence-corrected chi connectivity index (χ2v) is 6.70. The molecular formula is C11H12FNO3S. The first kappa shape index (κ1) is 12.0. The predicted octanol–water partition coefficient (Wildman–Crippen LogP) is 1.58. The summed E-state index contributed by atoms with van der Waals surface area (Å²) in [4.78, 5) is 11.6. The molecule has 92 valence electrons. The zero-order valence-corrected chi connectivity index (χ0v) is 10.3. The Labute approximate surface area is 98.8 Å². The maximum absolute atomic E-state index is 13.1. The predicted molar refractivity (Wildman–Crippen MR) is 60.9 cm³/mol. The summed E-state index contributed by atoms with van der Waals surface area (Å²) in [6.07, 6.45) is 0. The van der Waals surface area contributed by atoms with E-state index in [0.717, 1.165) is 12.1 Å². The van der Waals surface area contributed by atoms with Crippen molar-refractivity contribution in [1.82, 2.24) is 0 Å². The highest BCUT2D eigenvalue weighted by molar-refractivity contribution is 7.91. The van der Waals surface area contributed by atoms with Crippen LogP contribution in [0.4, 0.5) is 10.1 Å². The van der Waals surface area contributed by atoms with Crippen LogP contribution in [-0.2, 0) is 14.6 Å². The number of rotatable bonds is 0. The van der Waals surface area contributed by atoms with Gasteiger partial charge in [0.2, 0.25) is 5.91 Å². The zero-order chi connectivity index (χ0) is 12.8. The van der Waals surface area contributed by atoms with Crippen LogP contribution >= 0.6 is 0 Å². The van der Waals surface area contributed by atoms with Crippen LogP contribution in [0.5, 0.6) is 0 Å². The molecule has 1 aliphatic heterocycles. The number of fused-ring (bicyclic) bond motifs is 1. The molecule has 1 aliphatic rings. The van der Waals surface area contributed by atoms with E-state index in [1.807, 2.05) is 0 Å². The molecule has 1 heterocycles. The molecule has 0 fully saturated rings. The molecule has 0 saturated carbocycles. The molecule has 1 amide bonds. The lowest BCUT2D eigenvalue weighted by molar-refractivity contribution is -0.122. The van der Waals surface area contributed by atoms with E-state index in [9.17, 15) is 17.6 Å². The largest absolute Gasteiger partial charge is 0.324 e. The third-order valence-corrected chi connectivity index (χ3v) is 4.80. The number of anilines is 1. The lowest BCUT2D eigenvalue weighted by Gasteiger charge is -2.18. The van der Waals surface area contributed by atoms with Crippen LogP contribution < -0.4 is 5.32 Å². The standard InChI is InChI=1S/C11H12FNO3S/c1-11(2)6-17(15,16)9-5-7(12)3-4-8(9)13-10(11)14/h3-5H,6H2,1-2H3,(H,13,14). The molecule has 1 N–H and O–H groups in total. The van der Waals surface area contributed by atoms with E-state index in [-0.39, 0.29) is 22.2 Å². The summed E-state index contributed by atoms with van der Waals surface area (Å²) in [6, 6.07) is 3.32. The van der Waals surface area contributed by atoms with Crippen LogP contribution in [0.1, 0.15) is 13.8 Å². The molecule has 2 rings (SSSR count). The topological polar surface area (TPSA) is 63.2 Å². The average molecular weight is 257 g/mol. The van der Waals surface area contributed by atoms with E-state index in [4.69, 9.17) is 0 Å². The minimum Gasteiger partial charge on any atom is -0.324 e. The molecule has 0 spiro atoms. The van der Waals surface area contributed by atoms with Gasteiger partial charge in [0.15, 0.2) is 9.84 Å². The molecule has 6 heteroatoms. The van der Waals surface area contributed by atoms with Crippen LogP contribution in [0.25, 0.3) is 0 Å². The summed E-state index contributed by atoms with van der Waals surface area (Å²) in [5.74, 6) is -1.35. The molecule has 0 saturated heterocycles. The highest BCUT2D eigenvalue weighted by atomic mass is 32.2. The van der Waals surface area contributed by atoms with Crippen LogP contribution in [0.15, 0.2) is 23.1 Å². The van der Waals surface area contributed by atoms with E-state index in [0.29, 0.717) is 0 Å². The van der Waals surface area contributed by atoms with E-state index in [1.54, 1.807) is 13.8 Å². The monoisotopic (exact) mass is 257 g/mol. The van der Waals surface area contributed by atoms with E-state index in [1.165, 1.54) is 6.07 Å². The number of hydrogen-bond acceptors (Lipinski definition) is 3. The van der Waals surface area contributed by atoms with Gasteiger partial charge in [-0.15, -0.1) is 0 Å². The average Bonchev–Trinajstić information content (AvgIpc) is 2.23. The summed E-state index contributed by atoms with van der Waals surface area (Å²) in [7, 11) is -3.66. The van der Waals surface area contributed by atoms with Crippen LogP contribution in [0, 0.1) is 11.2 Å². The summed E-state index contributed by atoms with van der Waals surface area (Å²) in [5, 5.41) is 2.51. The normalized spacial score (nSPS) is 21.2. The van der Waals surface area contributed by atoms with Gasteiger partial charge in [0, 0.05) is 0 Å². The van der Waals surface area contributed by atoms with Gasteiger partial charge in [-0.3, -0.25) is 4.79 Å². The van der Waals surface area contributed by atoms with Crippen molar-refractivity contribution in [3.05, 3.63) is 24.0 Å². The van der Waals surface area contributed by atoms with Gasteiger partial charge >= 0.3 is 0 Å². The third kappa shape index (κ3) is 2.04. The van der Waals surface area contributed by atoms with Crippen molar-refractivity contribution >= 4 is 21.4 Å². The van der Waals surface area contributed by atoms with Crippen molar-refractivity contribution in [3.8, 4) is 0 Å². The third-order valence-electron chi connectivity index (χ3n) is 2.69. The summed E-state index contributed by atoms with van der Waals surface area (Å²) in [6.45, 7) is 3.09. The number of hydrogen-bond donors (Lipinski definition) is 1. The SMILES string of the molecule is CC1(C)CS(=O)(=O)c2cc(F)ccc2NC1=O. The van der Waals surface area contributed by atoms with Gasteiger partial charge in [0.25, 0.3) is 0 Å². The van der Waals surface area contributed by atoms with Gasteiger partial charge in [-0.2, -0.15) is 0 Å². The van der Waals surface area contributed by atoms with Gasteiger partial charge < -0.3 is 5.32 Å². The number of benzene rings is 1. The van der Waals surface area contributed by atoms with Crippen molar-refractivity contribution in [1.29, 1.82) is 0 Å². The summed E-state index contributed by atoms with van der Waals surface area (Å²) < 4.78 is 37.2. The Morgan fingerprint density at radius 2 is 2.00 bits per heavy atom. The second kappa shape index (κ2) is 3.53. The Bertz CT molecular complexity index is 593. The number of carbonyl (C=O) groups excluding carboxylic acids is 1. The quantitative estimate of drug-likeness (QED) is 0.767. The molecule has 1 aromatic carbocycles. The second-order valence-electron chi connectivity index (χ2n) is 4.74. The van der Waals surface area contributed by atoms with Crippen molar-refractivity contribution < 1.29 is 17.6 Å². The Kier molecular flexibility index (Phi) is 2.50. The molecule has 0 unspecified atom stereocenters. The molecule has 0 aromatic heterocycles. The maximum Gasteiger partial charge on any atom is 0.231 e. The number of amides is 1. The van der Waals surface area contributed by atoms with Gasteiger partial charge in [-0.05, 0) is 18.2 Å². The number of nitrogens with one attached hydrogen (secondary N) is 1. The maximum atomic E-state index is 13.1. The first-order valence-electron chi connectivity index (χ1n) is 5.06. The summed E-state index contributed by atoms with van der Waals surface area (Å²) >= 11 is 0. The first-order chi connectivity index (χ1) is 7.72. The molecule has 0 radical (unpaired) electrons. The number of sulfone groups is 1. The van der Waals surface area contributed by atoms with Crippen LogP contribution in [0.3, 0.4) is 0 Å². The molecule has 1 aromatic rings. The fraction of sp³-hybridized carbons (Fsp3) is 0.364. The zero-order valence-electron chi connectivity index (χ0n) is 9.45. The molecule has 0 bridgehead atoms. The fourth-order valence-corrected chi connectivity index (χ4v) is 3.75. The minimum absolute atomic E-state index is 0.141. The lowest BCUT2D eigenvalue weighted by atomic mass is 9.95. The van der Waals surface area contributed by atoms with Crippen LogP contribution in [-0.4, -0.2) is 20.1 Å². The van der Waals surface area contributed by atoms with E-state index in [2.05, 4.69) is 5.32 Å². The van der Waals surface area contributed by atoms with Crippen LogP contribution in [0.2, 0.25) is 0 Å². The van der Waals surface area contributed by atoms with E-state index < -0.39 is 21.1 Å². The highest BCUT2D eigenvalue weighted by Gasteiger charge is 2.38. The van der Waals surface area contributed by atoms with Crippen molar-refractivity contribution in [2.75, 3.05) is 11.1 Å². The Morgan fingerprint density at radius 3 is 2.65 bits per heavy atom.